The summed E-state index contributed by atoms with van der Waals surface area (Å²) in [4.78, 5) is 17.7. The van der Waals surface area contributed by atoms with E-state index in [9.17, 15) is 4.79 Å². The third-order valence-corrected chi connectivity index (χ3v) is 3.20. The van der Waals surface area contributed by atoms with E-state index in [4.69, 9.17) is 4.74 Å². The van der Waals surface area contributed by atoms with E-state index in [0.717, 1.165) is 17.8 Å². The lowest BCUT2D eigenvalue weighted by molar-refractivity contribution is -0.140. The Labute approximate surface area is 92.9 Å². The average Bonchev–Trinajstić information content (AvgIpc) is 2.88. The zero-order valence-electron chi connectivity index (χ0n) is 8.68. The van der Waals surface area contributed by atoms with Gasteiger partial charge in [-0.1, -0.05) is 0 Å². The molecule has 82 valence electrons. The molecule has 1 unspecified atom stereocenters. The number of rotatable bonds is 3. The van der Waals surface area contributed by atoms with Crippen molar-refractivity contribution in [3.63, 3.8) is 0 Å². The molecule has 1 atom stereocenters. The number of hydrogen-bond donors (Lipinski definition) is 0. The number of ether oxygens (including phenoxy) is 1. The van der Waals surface area contributed by atoms with Crippen LogP contribution in [0.3, 0.4) is 0 Å². The van der Waals surface area contributed by atoms with Gasteiger partial charge in [0.05, 0.1) is 6.54 Å². The standard InChI is InChI=1S/C10H14N2O2S/c1-12(7-9-11-4-6-15-9)10(13)8-3-2-5-14-8/h4,6,8H,2-3,5,7H2,1H3. The van der Waals surface area contributed by atoms with E-state index >= 15 is 0 Å². The molecule has 1 aromatic heterocycles. The van der Waals surface area contributed by atoms with Gasteiger partial charge in [-0.2, -0.15) is 0 Å². The van der Waals surface area contributed by atoms with Crippen LogP contribution in [0.1, 0.15) is 17.8 Å². The van der Waals surface area contributed by atoms with Crippen LogP contribution in [0.5, 0.6) is 0 Å². The van der Waals surface area contributed by atoms with E-state index in [1.807, 2.05) is 5.38 Å². The second-order valence-electron chi connectivity index (χ2n) is 3.62. The Bertz CT molecular complexity index is 320. The van der Waals surface area contributed by atoms with Gasteiger partial charge in [0.2, 0.25) is 0 Å². The number of aromatic nitrogens is 1. The van der Waals surface area contributed by atoms with Crippen molar-refractivity contribution in [2.75, 3.05) is 13.7 Å². The predicted octanol–water partition coefficient (Wildman–Crippen LogP) is 1.28. The van der Waals surface area contributed by atoms with Crippen LogP contribution in [0.2, 0.25) is 0 Å². The first-order valence-electron chi connectivity index (χ1n) is 5.02. The van der Waals surface area contributed by atoms with Crippen molar-refractivity contribution in [1.82, 2.24) is 9.88 Å². The second-order valence-corrected chi connectivity index (χ2v) is 4.60. The summed E-state index contributed by atoms with van der Waals surface area (Å²) in [5.74, 6) is 0.0719. The molecule has 2 rings (SSSR count). The van der Waals surface area contributed by atoms with Crippen molar-refractivity contribution in [2.45, 2.75) is 25.5 Å². The summed E-state index contributed by atoms with van der Waals surface area (Å²) in [7, 11) is 1.80. The van der Waals surface area contributed by atoms with E-state index in [1.54, 1.807) is 29.5 Å². The number of hydrogen-bond acceptors (Lipinski definition) is 4. The molecule has 0 N–H and O–H groups in total. The molecule has 0 aliphatic carbocycles. The van der Waals surface area contributed by atoms with E-state index in [2.05, 4.69) is 4.98 Å². The van der Waals surface area contributed by atoms with Crippen LogP contribution in [-0.2, 0) is 16.1 Å². The molecule has 0 bridgehead atoms. The van der Waals surface area contributed by atoms with Crippen molar-refractivity contribution in [1.29, 1.82) is 0 Å². The second kappa shape index (κ2) is 4.72. The molecular weight excluding hydrogens is 212 g/mol. The van der Waals surface area contributed by atoms with Crippen LogP contribution in [0, 0.1) is 0 Å². The van der Waals surface area contributed by atoms with Gasteiger partial charge in [-0.25, -0.2) is 4.98 Å². The van der Waals surface area contributed by atoms with Crippen molar-refractivity contribution >= 4 is 17.2 Å². The Morgan fingerprint density at radius 2 is 2.67 bits per heavy atom. The highest BCUT2D eigenvalue weighted by atomic mass is 32.1. The van der Waals surface area contributed by atoms with Crippen molar-refractivity contribution in [3.05, 3.63) is 16.6 Å². The fourth-order valence-electron chi connectivity index (χ4n) is 1.63. The molecular formula is C10H14N2O2S. The van der Waals surface area contributed by atoms with Crippen molar-refractivity contribution < 1.29 is 9.53 Å². The van der Waals surface area contributed by atoms with Gasteiger partial charge in [-0.05, 0) is 12.8 Å². The van der Waals surface area contributed by atoms with Gasteiger partial charge in [-0.15, -0.1) is 11.3 Å². The Kier molecular flexibility index (Phi) is 3.33. The van der Waals surface area contributed by atoms with E-state index < -0.39 is 0 Å². The summed E-state index contributed by atoms with van der Waals surface area (Å²) < 4.78 is 5.35. The highest BCUT2D eigenvalue weighted by molar-refractivity contribution is 7.09. The fourth-order valence-corrected chi connectivity index (χ4v) is 2.30. The number of carbonyl (C=O) groups is 1. The van der Waals surface area contributed by atoms with Crippen LogP contribution in [0.15, 0.2) is 11.6 Å². The van der Waals surface area contributed by atoms with Crippen LogP contribution in [-0.4, -0.2) is 35.5 Å². The summed E-state index contributed by atoms with van der Waals surface area (Å²) in [6.07, 6.45) is 3.36. The first kappa shape index (κ1) is 10.6. The third kappa shape index (κ3) is 2.54. The maximum absolute atomic E-state index is 11.8. The largest absolute Gasteiger partial charge is 0.368 e. The Morgan fingerprint density at radius 1 is 1.80 bits per heavy atom. The average molecular weight is 226 g/mol. The summed E-state index contributed by atoms with van der Waals surface area (Å²) in [6.45, 7) is 1.29. The van der Waals surface area contributed by atoms with Crippen LogP contribution >= 0.6 is 11.3 Å². The molecule has 0 spiro atoms. The topological polar surface area (TPSA) is 42.4 Å². The maximum atomic E-state index is 11.8. The lowest BCUT2D eigenvalue weighted by Crippen LogP contribution is -2.35. The van der Waals surface area contributed by atoms with Gasteiger partial charge in [0, 0.05) is 25.2 Å². The van der Waals surface area contributed by atoms with E-state index in [1.165, 1.54) is 0 Å². The zero-order chi connectivity index (χ0) is 10.7. The molecule has 1 fully saturated rings. The molecule has 15 heavy (non-hydrogen) atoms. The zero-order valence-corrected chi connectivity index (χ0v) is 9.50. The highest BCUT2D eigenvalue weighted by Gasteiger charge is 2.26. The molecule has 1 aliphatic rings. The first-order valence-corrected chi connectivity index (χ1v) is 5.90. The van der Waals surface area contributed by atoms with Crippen LogP contribution in [0.4, 0.5) is 0 Å². The number of amides is 1. The predicted molar refractivity (Wildman–Crippen MR) is 57.6 cm³/mol. The number of carbonyl (C=O) groups excluding carboxylic acids is 1. The Hall–Kier alpha value is -0.940. The molecule has 0 aromatic carbocycles. The molecule has 1 aromatic rings. The van der Waals surface area contributed by atoms with Gasteiger partial charge >= 0.3 is 0 Å². The lowest BCUT2D eigenvalue weighted by Gasteiger charge is -2.19. The van der Waals surface area contributed by atoms with Crippen molar-refractivity contribution in [3.8, 4) is 0 Å². The molecule has 1 saturated heterocycles. The number of nitrogens with zero attached hydrogens (tertiary/aromatic N) is 2. The van der Waals surface area contributed by atoms with Crippen LogP contribution < -0.4 is 0 Å². The summed E-state index contributed by atoms with van der Waals surface area (Å²) in [5.41, 5.74) is 0. The Balaban J connectivity index is 1.89. The Morgan fingerprint density at radius 3 is 3.27 bits per heavy atom. The molecule has 4 nitrogen and oxygen atoms in total. The quantitative estimate of drug-likeness (QED) is 0.779. The molecule has 0 saturated carbocycles. The normalized spacial score (nSPS) is 20.5. The highest BCUT2D eigenvalue weighted by Crippen LogP contribution is 2.15. The third-order valence-electron chi connectivity index (χ3n) is 2.44. The minimum absolute atomic E-state index is 0.0719. The molecule has 1 aliphatic heterocycles. The summed E-state index contributed by atoms with van der Waals surface area (Å²) >= 11 is 1.57. The lowest BCUT2D eigenvalue weighted by atomic mass is 10.2. The van der Waals surface area contributed by atoms with E-state index in [0.29, 0.717) is 13.2 Å². The van der Waals surface area contributed by atoms with Gasteiger partial charge in [-0.3, -0.25) is 4.79 Å². The maximum Gasteiger partial charge on any atom is 0.251 e. The first-order chi connectivity index (χ1) is 7.27. The van der Waals surface area contributed by atoms with Gasteiger partial charge < -0.3 is 9.64 Å². The number of thiazole rings is 1. The van der Waals surface area contributed by atoms with Gasteiger partial charge in [0.1, 0.15) is 11.1 Å². The van der Waals surface area contributed by atoms with Crippen LogP contribution in [0.25, 0.3) is 0 Å². The molecule has 2 heterocycles. The fraction of sp³-hybridized carbons (Fsp3) is 0.600. The number of likely N-dealkylation sites (N-methyl/N-ethyl adjacent to an activating group) is 1. The molecule has 1 amide bonds. The summed E-state index contributed by atoms with van der Waals surface area (Å²) in [5, 5.41) is 2.88. The van der Waals surface area contributed by atoms with Gasteiger partial charge in [0.15, 0.2) is 0 Å². The summed E-state index contributed by atoms with van der Waals surface area (Å²) in [6, 6.07) is 0. The van der Waals surface area contributed by atoms with Crippen molar-refractivity contribution in [2.24, 2.45) is 0 Å². The van der Waals surface area contributed by atoms with E-state index in [-0.39, 0.29) is 12.0 Å². The minimum Gasteiger partial charge on any atom is -0.368 e. The monoisotopic (exact) mass is 226 g/mol. The molecule has 0 radical (unpaired) electrons. The molecule has 5 heteroatoms. The van der Waals surface area contributed by atoms with Gasteiger partial charge in [0.25, 0.3) is 5.91 Å². The minimum atomic E-state index is -0.227. The SMILES string of the molecule is CN(Cc1nccs1)C(=O)C1CCCO1. The smallest absolute Gasteiger partial charge is 0.251 e.